The first-order valence-corrected chi connectivity index (χ1v) is 5.62. The number of hydrogen-bond acceptors (Lipinski definition) is 2. The maximum absolute atomic E-state index is 5.66. The van der Waals surface area contributed by atoms with Crippen LogP contribution in [0.3, 0.4) is 0 Å². The van der Waals surface area contributed by atoms with Crippen LogP contribution in [0.15, 0.2) is 12.3 Å². The van der Waals surface area contributed by atoms with Crippen molar-refractivity contribution in [2.75, 3.05) is 0 Å². The van der Waals surface area contributed by atoms with Gasteiger partial charge >= 0.3 is 0 Å². The zero-order chi connectivity index (χ0) is 11.5. The summed E-state index contributed by atoms with van der Waals surface area (Å²) in [5.41, 5.74) is 6.68. The molecule has 84 valence electrons. The Balaban J connectivity index is 2.36. The van der Waals surface area contributed by atoms with E-state index >= 15 is 0 Å². The van der Waals surface area contributed by atoms with Crippen LogP contribution in [0.2, 0.25) is 0 Å². The van der Waals surface area contributed by atoms with E-state index in [2.05, 4.69) is 18.9 Å². The molecule has 0 aliphatic rings. The van der Waals surface area contributed by atoms with Crippen LogP contribution < -0.4 is 5.73 Å². The van der Waals surface area contributed by atoms with E-state index in [1.165, 1.54) is 0 Å². The molecule has 0 radical (unpaired) electrons. The SMILES string of the molecule is Cc1ccn(CCCC(C)(C)C(N)=S)n1. The van der Waals surface area contributed by atoms with Gasteiger partial charge in [-0.15, -0.1) is 0 Å². The molecular weight excluding hydrogens is 206 g/mol. The number of rotatable bonds is 5. The second-order valence-corrected chi connectivity index (χ2v) is 5.01. The van der Waals surface area contributed by atoms with E-state index < -0.39 is 0 Å². The molecule has 1 aromatic heterocycles. The van der Waals surface area contributed by atoms with E-state index in [0.717, 1.165) is 25.1 Å². The van der Waals surface area contributed by atoms with E-state index in [1.54, 1.807) is 0 Å². The predicted octanol–water partition coefficient (Wildman–Crippen LogP) is 2.28. The molecule has 1 rings (SSSR count). The third kappa shape index (κ3) is 3.63. The van der Waals surface area contributed by atoms with Gasteiger partial charge in [-0.05, 0) is 25.8 Å². The zero-order valence-corrected chi connectivity index (χ0v) is 10.5. The highest BCUT2D eigenvalue weighted by Crippen LogP contribution is 2.22. The first kappa shape index (κ1) is 12.2. The third-order valence-electron chi connectivity index (χ3n) is 2.63. The topological polar surface area (TPSA) is 43.8 Å². The van der Waals surface area contributed by atoms with Gasteiger partial charge in [0.05, 0.1) is 10.7 Å². The van der Waals surface area contributed by atoms with Crippen molar-refractivity contribution in [2.24, 2.45) is 11.1 Å². The van der Waals surface area contributed by atoms with Crippen molar-refractivity contribution in [2.45, 2.75) is 40.2 Å². The van der Waals surface area contributed by atoms with Gasteiger partial charge in [-0.25, -0.2) is 0 Å². The van der Waals surface area contributed by atoms with Crippen LogP contribution in [0, 0.1) is 12.3 Å². The summed E-state index contributed by atoms with van der Waals surface area (Å²) in [5, 5.41) is 4.33. The Labute approximate surface area is 96.7 Å². The molecule has 0 bridgehead atoms. The Morgan fingerprint density at radius 2 is 2.27 bits per heavy atom. The molecule has 0 saturated heterocycles. The quantitative estimate of drug-likeness (QED) is 0.782. The molecule has 0 unspecified atom stereocenters. The summed E-state index contributed by atoms with van der Waals surface area (Å²) in [6, 6.07) is 2.01. The number of aryl methyl sites for hydroxylation is 2. The Morgan fingerprint density at radius 3 is 2.73 bits per heavy atom. The van der Waals surface area contributed by atoms with Gasteiger partial charge < -0.3 is 5.73 Å². The Hall–Kier alpha value is -0.900. The van der Waals surface area contributed by atoms with Crippen LogP contribution in [-0.4, -0.2) is 14.8 Å². The summed E-state index contributed by atoms with van der Waals surface area (Å²) in [6.45, 7) is 7.10. The molecule has 0 saturated carbocycles. The lowest BCUT2D eigenvalue weighted by Crippen LogP contribution is -2.29. The highest BCUT2D eigenvalue weighted by atomic mass is 32.1. The van der Waals surface area contributed by atoms with Gasteiger partial charge in [0.25, 0.3) is 0 Å². The normalized spacial score (nSPS) is 11.7. The van der Waals surface area contributed by atoms with Gasteiger partial charge in [0.1, 0.15) is 0 Å². The highest BCUT2D eigenvalue weighted by Gasteiger charge is 2.20. The molecule has 0 atom stereocenters. The fourth-order valence-electron chi connectivity index (χ4n) is 1.39. The van der Waals surface area contributed by atoms with E-state index in [4.69, 9.17) is 18.0 Å². The average Bonchev–Trinajstić information content (AvgIpc) is 2.51. The van der Waals surface area contributed by atoms with Crippen LogP contribution in [0.25, 0.3) is 0 Å². The van der Waals surface area contributed by atoms with E-state index in [9.17, 15) is 0 Å². The molecule has 0 fully saturated rings. The molecule has 0 aliphatic heterocycles. The molecule has 0 aromatic carbocycles. The minimum atomic E-state index is -0.0441. The minimum absolute atomic E-state index is 0.0441. The number of nitrogens with two attached hydrogens (primary N) is 1. The summed E-state index contributed by atoms with van der Waals surface area (Å²) in [7, 11) is 0. The smallest absolute Gasteiger partial charge is 0.0784 e. The third-order valence-corrected chi connectivity index (χ3v) is 3.18. The van der Waals surface area contributed by atoms with E-state index in [1.807, 2.05) is 23.9 Å². The molecule has 0 amide bonds. The summed E-state index contributed by atoms with van der Waals surface area (Å²) >= 11 is 5.02. The van der Waals surface area contributed by atoms with Crippen LogP contribution >= 0.6 is 12.2 Å². The van der Waals surface area contributed by atoms with E-state index in [0.29, 0.717) is 4.99 Å². The Kier molecular flexibility index (Phi) is 3.85. The van der Waals surface area contributed by atoms with Crippen molar-refractivity contribution in [1.82, 2.24) is 9.78 Å². The summed E-state index contributed by atoms with van der Waals surface area (Å²) in [5.74, 6) is 0. The van der Waals surface area contributed by atoms with Crippen molar-refractivity contribution >= 4 is 17.2 Å². The van der Waals surface area contributed by atoms with Crippen molar-refractivity contribution in [1.29, 1.82) is 0 Å². The zero-order valence-electron chi connectivity index (χ0n) is 9.66. The van der Waals surface area contributed by atoms with Crippen molar-refractivity contribution in [3.05, 3.63) is 18.0 Å². The van der Waals surface area contributed by atoms with Gasteiger partial charge in [-0.1, -0.05) is 26.1 Å². The van der Waals surface area contributed by atoms with Crippen molar-refractivity contribution in [3.8, 4) is 0 Å². The minimum Gasteiger partial charge on any atom is -0.393 e. The molecule has 1 heterocycles. The fraction of sp³-hybridized carbons (Fsp3) is 0.636. The van der Waals surface area contributed by atoms with Gasteiger partial charge in [-0.2, -0.15) is 5.10 Å². The van der Waals surface area contributed by atoms with Crippen molar-refractivity contribution in [3.63, 3.8) is 0 Å². The van der Waals surface area contributed by atoms with Crippen molar-refractivity contribution < 1.29 is 0 Å². The number of aromatic nitrogens is 2. The molecule has 15 heavy (non-hydrogen) atoms. The second kappa shape index (κ2) is 4.75. The van der Waals surface area contributed by atoms with Crippen LogP contribution in [0.1, 0.15) is 32.4 Å². The summed E-state index contributed by atoms with van der Waals surface area (Å²) < 4.78 is 1.96. The highest BCUT2D eigenvalue weighted by molar-refractivity contribution is 7.80. The van der Waals surface area contributed by atoms with Crippen LogP contribution in [-0.2, 0) is 6.54 Å². The first-order valence-electron chi connectivity index (χ1n) is 5.22. The molecule has 4 heteroatoms. The predicted molar refractivity (Wildman–Crippen MR) is 66.8 cm³/mol. The fourth-order valence-corrected chi connectivity index (χ4v) is 1.50. The molecule has 0 aliphatic carbocycles. The Bertz CT molecular complexity index is 341. The largest absolute Gasteiger partial charge is 0.393 e. The molecular formula is C11H19N3S. The van der Waals surface area contributed by atoms with Gasteiger partial charge in [0, 0.05) is 18.2 Å². The van der Waals surface area contributed by atoms with Crippen LogP contribution in [0.5, 0.6) is 0 Å². The standard InChI is InChI=1S/C11H19N3S/c1-9-5-8-14(13-9)7-4-6-11(2,3)10(12)15/h5,8H,4,6-7H2,1-3H3,(H2,12,15). The molecule has 3 nitrogen and oxygen atoms in total. The second-order valence-electron chi connectivity index (χ2n) is 4.57. The van der Waals surface area contributed by atoms with Crippen LogP contribution in [0.4, 0.5) is 0 Å². The average molecular weight is 225 g/mol. The van der Waals surface area contributed by atoms with Gasteiger partial charge in [0.15, 0.2) is 0 Å². The van der Waals surface area contributed by atoms with E-state index in [-0.39, 0.29) is 5.41 Å². The lowest BCUT2D eigenvalue weighted by Gasteiger charge is -2.22. The lowest BCUT2D eigenvalue weighted by molar-refractivity contribution is 0.425. The molecule has 0 spiro atoms. The maximum atomic E-state index is 5.66. The maximum Gasteiger partial charge on any atom is 0.0784 e. The Morgan fingerprint density at radius 1 is 1.60 bits per heavy atom. The van der Waals surface area contributed by atoms with Gasteiger partial charge in [-0.3, -0.25) is 4.68 Å². The lowest BCUT2D eigenvalue weighted by atomic mass is 9.88. The molecule has 1 aromatic rings. The molecule has 2 N–H and O–H groups in total. The first-order chi connectivity index (χ1) is 6.92. The number of nitrogens with zero attached hydrogens (tertiary/aromatic N) is 2. The summed E-state index contributed by atoms with van der Waals surface area (Å²) in [6.07, 6.45) is 4.05. The monoisotopic (exact) mass is 225 g/mol. The number of hydrogen-bond donors (Lipinski definition) is 1. The van der Waals surface area contributed by atoms with Gasteiger partial charge in [0.2, 0.25) is 0 Å². The summed E-state index contributed by atoms with van der Waals surface area (Å²) in [4.78, 5) is 0.596. The number of thiocarbonyl (C=S) groups is 1.